The van der Waals surface area contributed by atoms with E-state index >= 15 is 0 Å². The number of aryl methyl sites for hydroxylation is 1. The molecule has 4 atom stereocenters. The normalized spacial score (nSPS) is 40.7. The molecule has 0 amide bonds. The first-order chi connectivity index (χ1) is 8.90. The summed E-state index contributed by atoms with van der Waals surface area (Å²) in [5.41, 5.74) is 3.85. The van der Waals surface area contributed by atoms with Crippen LogP contribution in [0.4, 0.5) is 0 Å². The summed E-state index contributed by atoms with van der Waals surface area (Å²) in [5.74, 6) is 2.58. The van der Waals surface area contributed by atoms with Crippen molar-refractivity contribution in [2.24, 2.45) is 16.7 Å². The largest absolute Gasteiger partial charge is 0.496 e. The highest BCUT2D eigenvalue weighted by Gasteiger charge is 2.60. The SMILES string of the molecule is COc1ccc([C@@H]2C[C@@]3(C)CC[C@]2(C)C3C)cc1C. The van der Waals surface area contributed by atoms with Gasteiger partial charge in [0.05, 0.1) is 7.11 Å². The van der Waals surface area contributed by atoms with E-state index in [4.69, 9.17) is 4.74 Å². The molecular weight excluding hydrogens is 232 g/mol. The third-order valence-electron chi connectivity index (χ3n) is 6.56. The van der Waals surface area contributed by atoms with Gasteiger partial charge in [0.1, 0.15) is 5.75 Å². The molecule has 104 valence electrons. The molecule has 0 heterocycles. The van der Waals surface area contributed by atoms with E-state index in [1.165, 1.54) is 30.4 Å². The van der Waals surface area contributed by atoms with Gasteiger partial charge in [0, 0.05) is 0 Å². The summed E-state index contributed by atoms with van der Waals surface area (Å²) in [6, 6.07) is 6.79. The number of hydrogen-bond acceptors (Lipinski definition) is 1. The predicted molar refractivity (Wildman–Crippen MR) is 79.7 cm³/mol. The number of benzene rings is 1. The summed E-state index contributed by atoms with van der Waals surface area (Å²) in [6.07, 6.45) is 4.16. The van der Waals surface area contributed by atoms with Gasteiger partial charge in [0.2, 0.25) is 0 Å². The third kappa shape index (κ3) is 1.67. The molecule has 1 aromatic carbocycles. The van der Waals surface area contributed by atoms with Crippen molar-refractivity contribution < 1.29 is 4.74 Å². The lowest BCUT2D eigenvalue weighted by Crippen LogP contribution is -2.23. The van der Waals surface area contributed by atoms with Crippen LogP contribution >= 0.6 is 0 Å². The second-order valence-electron chi connectivity index (χ2n) is 7.37. The van der Waals surface area contributed by atoms with Crippen molar-refractivity contribution in [2.45, 2.75) is 52.9 Å². The van der Waals surface area contributed by atoms with E-state index in [2.05, 4.69) is 45.9 Å². The van der Waals surface area contributed by atoms with Gasteiger partial charge in [0.25, 0.3) is 0 Å². The molecule has 2 fully saturated rings. The Labute approximate surface area is 117 Å². The predicted octanol–water partition coefficient (Wildman–Crippen LogP) is 4.93. The Bertz CT molecular complexity index is 506. The molecule has 1 nitrogen and oxygen atoms in total. The van der Waals surface area contributed by atoms with E-state index in [-0.39, 0.29) is 0 Å². The molecular formula is C18H26O. The number of ether oxygens (including phenoxy) is 1. The first-order valence-electron chi connectivity index (χ1n) is 7.55. The van der Waals surface area contributed by atoms with Crippen LogP contribution in [0, 0.1) is 23.7 Å². The molecule has 2 aliphatic rings. The van der Waals surface area contributed by atoms with Crippen LogP contribution in [0.15, 0.2) is 18.2 Å². The van der Waals surface area contributed by atoms with Crippen LogP contribution in [0.5, 0.6) is 5.75 Å². The van der Waals surface area contributed by atoms with Crippen molar-refractivity contribution in [3.63, 3.8) is 0 Å². The Morgan fingerprint density at radius 1 is 1.21 bits per heavy atom. The van der Waals surface area contributed by atoms with Gasteiger partial charge in [-0.25, -0.2) is 0 Å². The van der Waals surface area contributed by atoms with Gasteiger partial charge in [-0.3, -0.25) is 0 Å². The summed E-state index contributed by atoms with van der Waals surface area (Å²) in [7, 11) is 1.75. The summed E-state index contributed by atoms with van der Waals surface area (Å²) in [6.45, 7) is 9.64. The van der Waals surface area contributed by atoms with E-state index in [0.717, 1.165) is 17.6 Å². The summed E-state index contributed by atoms with van der Waals surface area (Å²) < 4.78 is 5.39. The van der Waals surface area contributed by atoms with Crippen LogP contribution in [0.1, 0.15) is 57.1 Å². The molecule has 0 radical (unpaired) electrons. The molecule has 2 aliphatic carbocycles. The van der Waals surface area contributed by atoms with Gasteiger partial charge in [-0.05, 0) is 66.0 Å². The number of hydrogen-bond donors (Lipinski definition) is 0. The minimum absolute atomic E-state index is 0.496. The fraction of sp³-hybridized carbons (Fsp3) is 0.667. The highest BCUT2D eigenvalue weighted by Crippen LogP contribution is 2.70. The molecule has 2 saturated carbocycles. The third-order valence-corrected chi connectivity index (χ3v) is 6.56. The molecule has 1 heteroatoms. The van der Waals surface area contributed by atoms with Crippen molar-refractivity contribution in [3.8, 4) is 5.75 Å². The van der Waals surface area contributed by atoms with E-state index in [9.17, 15) is 0 Å². The average Bonchev–Trinajstić information content (AvgIpc) is 2.73. The van der Waals surface area contributed by atoms with Crippen LogP contribution in [0.3, 0.4) is 0 Å². The lowest BCUT2D eigenvalue weighted by Gasteiger charge is -2.34. The number of rotatable bonds is 2. The quantitative estimate of drug-likeness (QED) is 0.730. The second-order valence-corrected chi connectivity index (χ2v) is 7.37. The zero-order valence-corrected chi connectivity index (χ0v) is 12.9. The van der Waals surface area contributed by atoms with Crippen molar-refractivity contribution in [1.29, 1.82) is 0 Å². The topological polar surface area (TPSA) is 9.23 Å². The molecule has 19 heavy (non-hydrogen) atoms. The Balaban J connectivity index is 1.98. The average molecular weight is 258 g/mol. The molecule has 0 saturated heterocycles. The van der Waals surface area contributed by atoms with E-state index in [1.807, 2.05) is 0 Å². The minimum Gasteiger partial charge on any atom is -0.496 e. The summed E-state index contributed by atoms with van der Waals surface area (Å²) in [5, 5.41) is 0. The fourth-order valence-corrected chi connectivity index (χ4v) is 4.86. The maximum absolute atomic E-state index is 5.39. The van der Waals surface area contributed by atoms with Crippen LogP contribution in [-0.2, 0) is 0 Å². The standard InChI is InChI=1S/C18H26O/c1-12-10-14(6-7-16(12)19-5)15-11-17(3)8-9-18(15,4)13(17)2/h6-7,10,13,15H,8-9,11H2,1-5H3/t13?,15-,17+,18+/m0/s1. The van der Waals surface area contributed by atoms with E-state index < -0.39 is 0 Å². The Hall–Kier alpha value is -0.980. The zero-order valence-electron chi connectivity index (χ0n) is 12.9. The molecule has 3 rings (SSSR count). The first-order valence-corrected chi connectivity index (χ1v) is 7.55. The molecule has 1 aromatic rings. The summed E-state index contributed by atoms with van der Waals surface area (Å²) in [4.78, 5) is 0. The zero-order chi connectivity index (χ0) is 13.8. The number of methoxy groups -OCH3 is 1. The van der Waals surface area contributed by atoms with Gasteiger partial charge >= 0.3 is 0 Å². The minimum atomic E-state index is 0.496. The van der Waals surface area contributed by atoms with Crippen molar-refractivity contribution in [3.05, 3.63) is 29.3 Å². The summed E-state index contributed by atoms with van der Waals surface area (Å²) >= 11 is 0. The lowest BCUT2D eigenvalue weighted by atomic mass is 9.70. The van der Waals surface area contributed by atoms with Crippen molar-refractivity contribution in [1.82, 2.24) is 0 Å². The van der Waals surface area contributed by atoms with Gasteiger partial charge < -0.3 is 4.74 Å². The van der Waals surface area contributed by atoms with Gasteiger partial charge in [-0.2, -0.15) is 0 Å². The van der Waals surface area contributed by atoms with Crippen LogP contribution in [0.2, 0.25) is 0 Å². The molecule has 0 aromatic heterocycles. The second kappa shape index (κ2) is 4.01. The fourth-order valence-electron chi connectivity index (χ4n) is 4.86. The van der Waals surface area contributed by atoms with Crippen molar-refractivity contribution in [2.75, 3.05) is 7.11 Å². The monoisotopic (exact) mass is 258 g/mol. The van der Waals surface area contributed by atoms with E-state index in [0.29, 0.717) is 10.8 Å². The van der Waals surface area contributed by atoms with Gasteiger partial charge in [0.15, 0.2) is 0 Å². The molecule has 0 aliphatic heterocycles. The molecule has 2 bridgehead atoms. The Kier molecular flexibility index (Phi) is 2.75. The van der Waals surface area contributed by atoms with Crippen LogP contribution in [0.25, 0.3) is 0 Å². The number of fused-ring (bicyclic) bond motifs is 2. The highest BCUT2D eigenvalue weighted by atomic mass is 16.5. The molecule has 0 spiro atoms. The molecule has 0 N–H and O–H groups in total. The van der Waals surface area contributed by atoms with Gasteiger partial charge in [-0.15, -0.1) is 0 Å². The Morgan fingerprint density at radius 2 is 1.95 bits per heavy atom. The first kappa shape index (κ1) is 13.0. The van der Waals surface area contributed by atoms with Crippen LogP contribution in [-0.4, -0.2) is 7.11 Å². The van der Waals surface area contributed by atoms with Crippen LogP contribution < -0.4 is 4.74 Å². The Morgan fingerprint density at radius 3 is 2.42 bits per heavy atom. The maximum Gasteiger partial charge on any atom is 0.121 e. The van der Waals surface area contributed by atoms with Crippen molar-refractivity contribution >= 4 is 0 Å². The lowest BCUT2D eigenvalue weighted by molar-refractivity contribution is 0.226. The van der Waals surface area contributed by atoms with Gasteiger partial charge in [-0.1, -0.05) is 32.9 Å². The smallest absolute Gasteiger partial charge is 0.121 e. The molecule has 1 unspecified atom stereocenters. The maximum atomic E-state index is 5.39. The highest BCUT2D eigenvalue weighted by molar-refractivity contribution is 5.39. The van der Waals surface area contributed by atoms with E-state index in [1.54, 1.807) is 7.11 Å².